The van der Waals surface area contributed by atoms with Gasteiger partial charge in [-0.1, -0.05) is 35.3 Å². The van der Waals surface area contributed by atoms with Crippen LogP contribution in [0.5, 0.6) is 11.6 Å². The summed E-state index contributed by atoms with van der Waals surface area (Å²) in [6.45, 7) is 0. The van der Waals surface area contributed by atoms with Gasteiger partial charge in [-0.15, -0.1) is 0 Å². The molecule has 0 bridgehead atoms. The van der Waals surface area contributed by atoms with Gasteiger partial charge in [0.15, 0.2) is 5.75 Å². The van der Waals surface area contributed by atoms with E-state index < -0.39 is 0 Å². The molecule has 0 aliphatic carbocycles. The smallest absolute Gasteiger partial charge is 0.238 e. The molecule has 1 aromatic carbocycles. The fourth-order valence-electron chi connectivity index (χ4n) is 1.55. The maximum absolute atomic E-state index is 11.7. The molecule has 0 unspecified atom stereocenters. The van der Waals surface area contributed by atoms with Gasteiger partial charge < -0.3 is 10.1 Å². The molecule has 21 heavy (non-hydrogen) atoms. The SMILES string of the molecule is O=C(CCS)Nc1ccccc1Oc1ncc(Cl)cc1Cl. The van der Waals surface area contributed by atoms with Crippen LogP contribution < -0.4 is 10.1 Å². The van der Waals surface area contributed by atoms with Crippen molar-refractivity contribution in [3.63, 3.8) is 0 Å². The summed E-state index contributed by atoms with van der Waals surface area (Å²) < 4.78 is 5.64. The van der Waals surface area contributed by atoms with Crippen LogP contribution in [0.3, 0.4) is 0 Å². The fraction of sp³-hybridized carbons (Fsp3) is 0.143. The predicted octanol–water partition coefficient (Wildman–Crippen LogP) is 4.44. The second kappa shape index (κ2) is 7.54. The summed E-state index contributed by atoms with van der Waals surface area (Å²) in [7, 11) is 0. The zero-order valence-corrected chi connectivity index (χ0v) is 13.3. The number of carbonyl (C=O) groups excluding carboxylic acids is 1. The fourth-order valence-corrected chi connectivity index (χ4v) is 2.18. The van der Waals surface area contributed by atoms with Crippen LogP contribution in [0.25, 0.3) is 0 Å². The van der Waals surface area contributed by atoms with Crippen molar-refractivity contribution in [2.24, 2.45) is 0 Å². The second-order valence-corrected chi connectivity index (χ2v) is 5.35. The lowest BCUT2D eigenvalue weighted by Gasteiger charge is -2.12. The number of pyridine rings is 1. The van der Waals surface area contributed by atoms with Crippen LogP contribution in [0.1, 0.15) is 6.42 Å². The molecule has 0 atom stereocenters. The van der Waals surface area contributed by atoms with E-state index in [2.05, 4.69) is 22.9 Å². The van der Waals surface area contributed by atoms with Gasteiger partial charge in [0, 0.05) is 12.6 Å². The zero-order chi connectivity index (χ0) is 15.2. The van der Waals surface area contributed by atoms with E-state index in [9.17, 15) is 4.79 Å². The Labute approximate surface area is 137 Å². The Morgan fingerprint density at radius 1 is 1.33 bits per heavy atom. The van der Waals surface area contributed by atoms with Gasteiger partial charge in [0.2, 0.25) is 11.8 Å². The quantitative estimate of drug-likeness (QED) is 0.789. The van der Waals surface area contributed by atoms with Gasteiger partial charge in [-0.25, -0.2) is 4.98 Å². The monoisotopic (exact) mass is 342 g/mol. The Bertz CT molecular complexity index is 653. The number of ether oxygens (including phenoxy) is 1. The second-order valence-electron chi connectivity index (χ2n) is 4.06. The number of aromatic nitrogens is 1. The molecule has 0 saturated heterocycles. The van der Waals surface area contributed by atoms with E-state index in [1.54, 1.807) is 24.3 Å². The summed E-state index contributed by atoms with van der Waals surface area (Å²) in [5, 5.41) is 3.46. The van der Waals surface area contributed by atoms with Crippen LogP contribution in [0.4, 0.5) is 5.69 Å². The van der Waals surface area contributed by atoms with Gasteiger partial charge in [0.05, 0.1) is 10.7 Å². The Morgan fingerprint density at radius 3 is 2.81 bits per heavy atom. The number of halogens is 2. The van der Waals surface area contributed by atoms with Crippen molar-refractivity contribution < 1.29 is 9.53 Å². The summed E-state index contributed by atoms with van der Waals surface area (Å²) in [5.41, 5.74) is 0.539. The number of amides is 1. The number of carbonyl (C=O) groups is 1. The van der Waals surface area contributed by atoms with E-state index in [4.69, 9.17) is 27.9 Å². The van der Waals surface area contributed by atoms with Crippen molar-refractivity contribution >= 4 is 47.4 Å². The molecule has 7 heteroatoms. The molecule has 0 fully saturated rings. The topological polar surface area (TPSA) is 51.2 Å². The highest BCUT2D eigenvalue weighted by Crippen LogP contribution is 2.33. The van der Waals surface area contributed by atoms with Gasteiger partial charge in [-0.3, -0.25) is 4.79 Å². The Hall–Kier alpha value is -1.43. The lowest BCUT2D eigenvalue weighted by atomic mass is 10.3. The van der Waals surface area contributed by atoms with Crippen molar-refractivity contribution in [2.45, 2.75) is 6.42 Å². The number of benzene rings is 1. The first-order chi connectivity index (χ1) is 10.1. The van der Waals surface area contributed by atoms with E-state index in [0.717, 1.165) is 0 Å². The number of hydrogen-bond donors (Lipinski definition) is 2. The van der Waals surface area contributed by atoms with Crippen LogP contribution in [-0.4, -0.2) is 16.6 Å². The maximum atomic E-state index is 11.7. The third kappa shape index (κ3) is 4.52. The van der Waals surface area contributed by atoms with Crippen molar-refractivity contribution in [1.29, 1.82) is 0 Å². The minimum atomic E-state index is -0.142. The third-order valence-electron chi connectivity index (χ3n) is 2.48. The molecule has 0 aliphatic heterocycles. The van der Waals surface area contributed by atoms with Crippen LogP contribution in [0, 0.1) is 0 Å². The van der Waals surface area contributed by atoms with Gasteiger partial charge in [-0.05, 0) is 24.0 Å². The highest BCUT2D eigenvalue weighted by atomic mass is 35.5. The van der Waals surface area contributed by atoms with Crippen molar-refractivity contribution in [3.8, 4) is 11.6 Å². The zero-order valence-electron chi connectivity index (χ0n) is 10.8. The molecule has 1 aromatic heterocycles. The largest absolute Gasteiger partial charge is 0.435 e. The molecule has 2 rings (SSSR count). The molecule has 1 amide bonds. The highest BCUT2D eigenvalue weighted by Gasteiger charge is 2.11. The lowest BCUT2D eigenvalue weighted by molar-refractivity contribution is -0.115. The highest BCUT2D eigenvalue weighted by molar-refractivity contribution is 7.80. The number of rotatable bonds is 5. The summed E-state index contributed by atoms with van der Waals surface area (Å²) >= 11 is 15.8. The average molecular weight is 343 g/mol. The number of anilines is 1. The predicted molar refractivity (Wildman–Crippen MR) is 87.9 cm³/mol. The maximum Gasteiger partial charge on any atom is 0.238 e. The molecule has 0 radical (unpaired) electrons. The van der Waals surface area contributed by atoms with Crippen LogP contribution in [0.15, 0.2) is 36.5 Å². The lowest BCUT2D eigenvalue weighted by Crippen LogP contribution is -2.12. The van der Waals surface area contributed by atoms with E-state index >= 15 is 0 Å². The van der Waals surface area contributed by atoms with E-state index in [-0.39, 0.29) is 11.8 Å². The van der Waals surface area contributed by atoms with Crippen molar-refractivity contribution in [2.75, 3.05) is 11.1 Å². The van der Waals surface area contributed by atoms with E-state index in [1.807, 2.05) is 0 Å². The first-order valence-corrected chi connectivity index (χ1v) is 7.47. The van der Waals surface area contributed by atoms with Gasteiger partial charge in [-0.2, -0.15) is 12.6 Å². The number of para-hydroxylation sites is 2. The first-order valence-electron chi connectivity index (χ1n) is 6.09. The number of thiol groups is 1. The molecule has 0 spiro atoms. The number of nitrogens with one attached hydrogen (secondary N) is 1. The van der Waals surface area contributed by atoms with Crippen LogP contribution in [-0.2, 0) is 4.79 Å². The van der Waals surface area contributed by atoms with Crippen LogP contribution >= 0.6 is 35.8 Å². The molecule has 2 aromatic rings. The molecule has 0 aliphatic rings. The standard InChI is InChI=1S/C14H12Cl2N2O2S/c15-9-7-10(16)14(17-8-9)20-12-4-2-1-3-11(12)18-13(19)5-6-21/h1-4,7-8,21H,5-6H2,(H,18,19). The Balaban J connectivity index is 2.21. The first kappa shape index (κ1) is 15.9. The summed E-state index contributed by atoms with van der Waals surface area (Å²) in [4.78, 5) is 15.7. The molecular weight excluding hydrogens is 331 g/mol. The number of nitrogens with zero attached hydrogens (tertiary/aromatic N) is 1. The van der Waals surface area contributed by atoms with Gasteiger partial charge >= 0.3 is 0 Å². The molecule has 110 valence electrons. The minimum Gasteiger partial charge on any atom is -0.435 e. The Kier molecular flexibility index (Phi) is 5.73. The molecular formula is C14H12Cl2N2O2S. The molecule has 1 N–H and O–H groups in total. The minimum absolute atomic E-state index is 0.142. The van der Waals surface area contributed by atoms with Gasteiger partial charge in [0.25, 0.3) is 0 Å². The summed E-state index contributed by atoms with van der Waals surface area (Å²) in [6.07, 6.45) is 1.75. The summed E-state index contributed by atoms with van der Waals surface area (Å²) in [6, 6.07) is 8.56. The van der Waals surface area contributed by atoms with Gasteiger partial charge in [0.1, 0.15) is 5.02 Å². The average Bonchev–Trinajstić information content (AvgIpc) is 2.44. The van der Waals surface area contributed by atoms with E-state index in [0.29, 0.717) is 33.7 Å². The Morgan fingerprint density at radius 2 is 2.10 bits per heavy atom. The summed E-state index contributed by atoms with van der Waals surface area (Å²) in [5.74, 6) is 0.995. The molecule has 1 heterocycles. The third-order valence-corrected chi connectivity index (χ3v) is 3.18. The van der Waals surface area contributed by atoms with Crippen LogP contribution in [0.2, 0.25) is 10.0 Å². The number of hydrogen-bond acceptors (Lipinski definition) is 4. The van der Waals surface area contributed by atoms with Crippen molar-refractivity contribution in [3.05, 3.63) is 46.6 Å². The molecule has 0 saturated carbocycles. The molecule has 4 nitrogen and oxygen atoms in total. The van der Waals surface area contributed by atoms with E-state index in [1.165, 1.54) is 12.3 Å². The van der Waals surface area contributed by atoms with Crippen molar-refractivity contribution in [1.82, 2.24) is 4.98 Å². The normalized spacial score (nSPS) is 10.2.